The van der Waals surface area contributed by atoms with Crippen LogP contribution in [0.2, 0.25) is 0 Å². The fraction of sp³-hybridized carbons (Fsp3) is 0.182. The lowest BCUT2D eigenvalue weighted by Crippen LogP contribution is -2.35. The third kappa shape index (κ3) is 6.66. The molecule has 4 aromatic carbocycles. The summed E-state index contributed by atoms with van der Waals surface area (Å²) in [5.74, 6) is 1.08. The van der Waals surface area contributed by atoms with Crippen molar-refractivity contribution < 1.29 is 14.3 Å². The molecule has 0 aliphatic heterocycles. The predicted molar refractivity (Wildman–Crippen MR) is 167 cm³/mol. The minimum Gasteiger partial charge on any atom is -0.494 e. The van der Waals surface area contributed by atoms with E-state index in [1.807, 2.05) is 104 Å². The molecule has 1 amide bonds. The number of hydrogen-bond acceptors (Lipinski definition) is 5. The summed E-state index contributed by atoms with van der Waals surface area (Å²) >= 11 is 3.64. The lowest BCUT2D eigenvalue weighted by molar-refractivity contribution is -0.128. The number of carbonyl (C=O) groups excluding carboxylic acids is 1. The SMILES string of the molecule is CCCOc1ccc(-c2nn(-c3ccccc3)cc2/C=N\NC(=O)[C@H](CC)Oc2ccc3ccccc3c2Br)cc1. The van der Waals surface area contributed by atoms with Crippen LogP contribution in [0.15, 0.2) is 107 Å². The van der Waals surface area contributed by atoms with Crippen molar-refractivity contribution in [3.63, 3.8) is 0 Å². The van der Waals surface area contributed by atoms with E-state index in [0.29, 0.717) is 18.8 Å². The van der Waals surface area contributed by atoms with Crippen molar-refractivity contribution in [3.05, 3.63) is 107 Å². The van der Waals surface area contributed by atoms with E-state index in [4.69, 9.17) is 14.6 Å². The quantitative estimate of drug-likeness (QED) is 0.124. The number of fused-ring (bicyclic) bond motifs is 1. The Kier molecular flexibility index (Phi) is 9.11. The summed E-state index contributed by atoms with van der Waals surface area (Å²) < 4.78 is 14.4. The average Bonchev–Trinajstić information content (AvgIpc) is 3.44. The molecule has 1 heterocycles. The number of nitrogens with one attached hydrogen (secondary N) is 1. The molecule has 0 aliphatic rings. The summed E-state index contributed by atoms with van der Waals surface area (Å²) in [5.41, 5.74) is 5.97. The first-order chi connectivity index (χ1) is 20.1. The Balaban J connectivity index is 1.35. The van der Waals surface area contributed by atoms with E-state index in [-0.39, 0.29) is 5.91 Å². The summed E-state index contributed by atoms with van der Waals surface area (Å²) in [6.45, 7) is 4.64. The Morgan fingerprint density at radius 2 is 1.76 bits per heavy atom. The van der Waals surface area contributed by atoms with Crippen LogP contribution in [0.5, 0.6) is 11.5 Å². The fourth-order valence-corrected chi connectivity index (χ4v) is 4.95. The van der Waals surface area contributed by atoms with Crippen LogP contribution < -0.4 is 14.9 Å². The average molecular weight is 612 g/mol. The van der Waals surface area contributed by atoms with E-state index in [2.05, 4.69) is 33.4 Å². The number of ether oxygens (including phenoxy) is 2. The number of para-hydroxylation sites is 1. The number of halogens is 1. The van der Waals surface area contributed by atoms with E-state index in [0.717, 1.165) is 49.9 Å². The second-order valence-electron chi connectivity index (χ2n) is 9.43. The Hall–Kier alpha value is -4.43. The van der Waals surface area contributed by atoms with Crippen molar-refractivity contribution in [2.75, 3.05) is 6.61 Å². The van der Waals surface area contributed by atoms with Crippen LogP contribution in [-0.4, -0.2) is 34.6 Å². The number of hydrazone groups is 1. The molecule has 5 rings (SSSR count). The molecule has 0 unspecified atom stereocenters. The first-order valence-electron chi connectivity index (χ1n) is 13.6. The molecule has 0 aliphatic carbocycles. The number of rotatable bonds is 11. The fourth-order valence-electron chi connectivity index (χ4n) is 4.37. The maximum atomic E-state index is 13.0. The second-order valence-corrected chi connectivity index (χ2v) is 10.2. The monoisotopic (exact) mass is 610 g/mol. The Labute approximate surface area is 247 Å². The molecule has 0 radical (unpaired) electrons. The van der Waals surface area contributed by atoms with Gasteiger partial charge >= 0.3 is 0 Å². The first kappa shape index (κ1) is 28.1. The molecule has 0 saturated heterocycles. The summed E-state index contributed by atoms with van der Waals surface area (Å²) in [6, 6.07) is 29.5. The van der Waals surface area contributed by atoms with Gasteiger partial charge in [0.15, 0.2) is 6.10 Å². The molecule has 208 valence electrons. The molecular weight excluding hydrogens is 580 g/mol. The molecule has 0 fully saturated rings. The van der Waals surface area contributed by atoms with E-state index in [9.17, 15) is 4.79 Å². The van der Waals surface area contributed by atoms with Crippen LogP contribution in [0, 0.1) is 0 Å². The van der Waals surface area contributed by atoms with Gasteiger partial charge in [0.05, 0.1) is 23.0 Å². The van der Waals surface area contributed by atoms with Gasteiger partial charge in [0.1, 0.15) is 17.2 Å². The van der Waals surface area contributed by atoms with Crippen molar-refractivity contribution in [1.29, 1.82) is 0 Å². The smallest absolute Gasteiger partial charge is 0.281 e. The molecule has 7 nitrogen and oxygen atoms in total. The Morgan fingerprint density at radius 1 is 1.00 bits per heavy atom. The van der Waals surface area contributed by atoms with Crippen LogP contribution in [0.4, 0.5) is 0 Å². The highest BCUT2D eigenvalue weighted by molar-refractivity contribution is 9.10. The van der Waals surface area contributed by atoms with Crippen molar-refractivity contribution in [2.45, 2.75) is 32.8 Å². The standard InChI is InChI=1S/C33H31BrN4O3/c1-3-20-40-27-17-14-24(15-18-27)32-25(22-38(37-32)26-11-6-5-7-12-26)21-35-36-33(39)29(4-2)41-30-19-16-23-10-8-9-13-28(23)31(30)34/h5-19,21-22,29H,3-4,20H2,1-2H3,(H,36,39)/b35-21-/t29-/m0/s1. The van der Waals surface area contributed by atoms with E-state index in [1.54, 1.807) is 10.9 Å². The van der Waals surface area contributed by atoms with Gasteiger partial charge in [-0.2, -0.15) is 10.2 Å². The normalized spacial score (nSPS) is 12.0. The van der Waals surface area contributed by atoms with Crippen LogP contribution in [0.1, 0.15) is 32.3 Å². The van der Waals surface area contributed by atoms with Gasteiger partial charge in [0.2, 0.25) is 0 Å². The van der Waals surface area contributed by atoms with Crippen LogP contribution in [-0.2, 0) is 4.79 Å². The summed E-state index contributed by atoms with van der Waals surface area (Å²) in [5, 5.41) is 11.2. The van der Waals surface area contributed by atoms with Crippen molar-refractivity contribution in [1.82, 2.24) is 15.2 Å². The Morgan fingerprint density at radius 3 is 2.51 bits per heavy atom. The van der Waals surface area contributed by atoms with Crippen molar-refractivity contribution in [2.24, 2.45) is 5.10 Å². The number of nitrogens with zero attached hydrogens (tertiary/aromatic N) is 3. The third-order valence-electron chi connectivity index (χ3n) is 6.50. The lowest BCUT2D eigenvalue weighted by atomic mass is 10.1. The maximum absolute atomic E-state index is 13.0. The van der Waals surface area contributed by atoms with Crippen molar-refractivity contribution >= 4 is 38.8 Å². The highest BCUT2D eigenvalue weighted by Crippen LogP contribution is 2.34. The number of benzene rings is 4. The zero-order valence-electron chi connectivity index (χ0n) is 23.0. The largest absolute Gasteiger partial charge is 0.494 e. The van der Waals surface area contributed by atoms with Gasteiger partial charge in [-0.05, 0) is 82.0 Å². The third-order valence-corrected chi connectivity index (χ3v) is 7.32. The molecule has 0 bridgehead atoms. The summed E-state index contributed by atoms with van der Waals surface area (Å²) in [4.78, 5) is 13.0. The minimum atomic E-state index is -0.716. The molecule has 5 aromatic rings. The van der Waals surface area contributed by atoms with Gasteiger partial charge in [0, 0.05) is 17.3 Å². The molecule has 8 heteroatoms. The van der Waals surface area contributed by atoms with Gasteiger partial charge in [-0.15, -0.1) is 0 Å². The van der Waals surface area contributed by atoms with E-state index in [1.165, 1.54) is 0 Å². The highest BCUT2D eigenvalue weighted by Gasteiger charge is 2.20. The predicted octanol–water partition coefficient (Wildman–Crippen LogP) is 7.55. The van der Waals surface area contributed by atoms with Crippen LogP contribution in [0.3, 0.4) is 0 Å². The molecule has 1 aromatic heterocycles. The molecule has 1 atom stereocenters. The highest BCUT2D eigenvalue weighted by atomic mass is 79.9. The van der Waals surface area contributed by atoms with Crippen LogP contribution in [0.25, 0.3) is 27.7 Å². The zero-order chi connectivity index (χ0) is 28.6. The number of hydrogen-bond donors (Lipinski definition) is 1. The van der Waals surface area contributed by atoms with Crippen LogP contribution >= 0.6 is 15.9 Å². The summed E-state index contributed by atoms with van der Waals surface area (Å²) in [7, 11) is 0. The van der Waals surface area contributed by atoms with E-state index >= 15 is 0 Å². The van der Waals surface area contributed by atoms with Gasteiger partial charge in [0.25, 0.3) is 5.91 Å². The molecular formula is C33H31BrN4O3. The number of aromatic nitrogens is 2. The molecule has 0 saturated carbocycles. The van der Waals surface area contributed by atoms with Gasteiger partial charge < -0.3 is 9.47 Å². The maximum Gasteiger partial charge on any atom is 0.281 e. The summed E-state index contributed by atoms with van der Waals surface area (Å²) in [6.07, 6.45) is 4.21. The van der Waals surface area contributed by atoms with Gasteiger partial charge in [-0.1, -0.05) is 62.4 Å². The molecule has 41 heavy (non-hydrogen) atoms. The number of amides is 1. The van der Waals surface area contributed by atoms with E-state index < -0.39 is 6.10 Å². The van der Waals surface area contributed by atoms with Crippen molar-refractivity contribution in [3.8, 4) is 28.4 Å². The zero-order valence-corrected chi connectivity index (χ0v) is 24.5. The van der Waals surface area contributed by atoms with Gasteiger partial charge in [-0.3, -0.25) is 4.79 Å². The van der Waals surface area contributed by atoms with Gasteiger partial charge in [-0.25, -0.2) is 10.1 Å². The number of carbonyl (C=O) groups is 1. The minimum absolute atomic E-state index is 0.335. The first-order valence-corrected chi connectivity index (χ1v) is 14.4. The topological polar surface area (TPSA) is 77.7 Å². The molecule has 0 spiro atoms. The lowest BCUT2D eigenvalue weighted by Gasteiger charge is -2.17. The Bertz CT molecular complexity index is 1650. The second kappa shape index (κ2) is 13.3. The molecule has 1 N–H and O–H groups in total.